The molecule has 0 heterocycles. The summed E-state index contributed by atoms with van der Waals surface area (Å²) in [5, 5.41) is 0. The number of sulfonamides is 2. The largest absolute Gasteiger partial charge is 0.512 e. The highest BCUT2D eigenvalue weighted by molar-refractivity contribution is 8.05. The van der Waals surface area contributed by atoms with Crippen molar-refractivity contribution in [1.29, 1.82) is 0 Å². The topological polar surface area (TPSA) is 138 Å². The molecule has 0 spiro atoms. The Kier molecular flexibility index (Phi) is 10.8. The second-order valence-corrected chi connectivity index (χ2v) is 9.83. The van der Waals surface area contributed by atoms with Gasteiger partial charge in [0.15, 0.2) is 0 Å². The maximum atomic E-state index is 11.5. The Morgan fingerprint density at radius 3 is 1.37 bits per heavy atom. The van der Waals surface area contributed by atoms with E-state index in [2.05, 4.69) is 4.90 Å². The molecule has 18 heteroatoms. The van der Waals surface area contributed by atoms with Gasteiger partial charge in [0, 0.05) is 0 Å². The molecule has 0 aromatic carbocycles. The molecule has 166 valence electrons. The maximum Gasteiger partial charge on any atom is 0.512 e. The first kappa shape index (κ1) is 28.5. The van der Waals surface area contributed by atoms with Crippen LogP contribution in [0.15, 0.2) is 0 Å². The van der Waals surface area contributed by atoms with Crippen LogP contribution in [0.3, 0.4) is 0 Å². The van der Waals surface area contributed by atoms with Crippen molar-refractivity contribution in [1.82, 2.24) is 9.03 Å². The molecule has 0 saturated carbocycles. The van der Waals surface area contributed by atoms with E-state index in [1.807, 2.05) is 13.8 Å². The molecule has 0 aliphatic carbocycles. The van der Waals surface area contributed by atoms with Crippen molar-refractivity contribution in [3.63, 3.8) is 0 Å². The van der Waals surface area contributed by atoms with E-state index in [9.17, 15) is 51.6 Å². The summed E-state index contributed by atoms with van der Waals surface area (Å²) in [4.78, 5) is 2.12. The van der Waals surface area contributed by atoms with Crippen LogP contribution in [0.5, 0.6) is 0 Å². The fourth-order valence-corrected chi connectivity index (χ4v) is 3.65. The molecular weight excluding hydrogens is 458 g/mol. The smallest absolute Gasteiger partial charge is 0.304 e. The molecule has 0 amide bonds. The van der Waals surface area contributed by atoms with Crippen LogP contribution in [0, 0.1) is 0 Å². The Morgan fingerprint density at radius 1 is 0.815 bits per heavy atom. The van der Waals surface area contributed by atoms with Gasteiger partial charge in [-0.25, -0.2) is 16.8 Å². The average Bonchev–Trinajstić information content (AvgIpc) is 2.39. The molecule has 0 aromatic rings. The Labute approximate surface area is 152 Å². The minimum Gasteiger partial charge on any atom is -0.304 e. The van der Waals surface area contributed by atoms with E-state index in [-0.39, 0.29) is 5.75 Å². The molecule has 0 aliphatic heterocycles. The van der Waals surface area contributed by atoms with Crippen molar-refractivity contribution >= 4 is 30.2 Å². The summed E-state index contributed by atoms with van der Waals surface area (Å²) >= 11 is 0. The lowest BCUT2D eigenvalue weighted by molar-refractivity contribution is -0.0476. The number of nitrogens with one attached hydrogen (secondary N) is 1. The third-order valence-corrected chi connectivity index (χ3v) is 6.38. The molecule has 9 nitrogen and oxygen atoms in total. The zero-order chi connectivity index (χ0) is 22.3. The minimum atomic E-state index is -6.60. The van der Waals surface area contributed by atoms with Gasteiger partial charge in [0.25, 0.3) is 10.1 Å². The van der Waals surface area contributed by atoms with Gasteiger partial charge in [-0.15, -0.1) is 0 Å². The van der Waals surface area contributed by atoms with Gasteiger partial charge in [-0.2, -0.15) is 34.8 Å². The number of halogens is 6. The van der Waals surface area contributed by atoms with E-state index in [1.54, 1.807) is 0 Å². The molecule has 0 bridgehead atoms. The Bertz CT molecular complexity index is 713. The highest BCUT2D eigenvalue weighted by Crippen LogP contribution is 2.27. The molecule has 0 fully saturated rings. The third-order valence-electron chi connectivity index (χ3n) is 2.60. The van der Waals surface area contributed by atoms with E-state index >= 15 is 0 Å². The van der Waals surface area contributed by atoms with E-state index in [4.69, 9.17) is 4.55 Å². The third kappa shape index (κ3) is 11.7. The monoisotopic (exact) mass is 476 g/mol. The summed E-state index contributed by atoms with van der Waals surface area (Å²) in [5.74, 6) is -0.135. The van der Waals surface area contributed by atoms with Crippen molar-refractivity contribution < 1.29 is 56.1 Å². The number of hydrogen-bond donors (Lipinski definition) is 2. The lowest BCUT2D eigenvalue weighted by Gasteiger charge is -2.16. The van der Waals surface area contributed by atoms with Gasteiger partial charge in [-0.05, 0) is 26.1 Å². The number of rotatable bonds is 8. The minimum absolute atomic E-state index is 0.135. The van der Waals surface area contributed by atoms with Gasteiger partial charge >= 0.3 is 31.1 Å². The summed E-state index contributed by atoms with van der Waals surface area (Å²) < 4.78 is 137. The molecule has 0 radical (unpaired) electrons. The zero-order valence-electron chi connectivity index (χ0n) is 13.9. The maximum absolute atomic E-state index is 11.5. The first-order valence-electron chi connectivity index (χ1n) is 6.78. The molecule has 0 aromatic heterocycles. The van der Waals surface area contributed by atoms with Gasteiger partial charge in [-0.1, -0.05) is 18.0 Å². The second-order valence-electron chi connectivity index (χ2n) is 4.65. The van der Waals surface area contributed by atoms with E-state index in [0.717, 1.165) is 19.6 Å². The van der Waals surface area contributed by atoms with Gasteiger partial charge in [0.2, 0.25) is 0 Å². The Morgan fingerprint density at radius 2 is 1.15 bits per heavy atom. The zero-order valence-corrected chi connectivity index (χ0v) is 16.3. The van der Waals surface area contributed by atoms with Crippen LogP contribution in [0.4, 0.5) is 26.3 Å². The summed E-state index contributed by atoms with van der Waals surface area (Å²) in [5.41, 5.74) is -12.3. The Hall–Kier alpha value is -0.690. The summed E-state index contributed by atoms with van der Waals surface area (Å²) in [6.45, 7) is 6.62. The van der Waals surface area contributed by atoms with Crippen LogP contribution in [0.1, 0.15) is 20.3 Å². The fraction of sp³-hybridized carbons (Fsp3) is 1.00. The molecule has 0 saturated heterocycles. The van der Waals surface area contributed by atoms with Crippen LogP contribution in [-0.2, 0) is 30.2 Å². The van der Waals surface area contributed by atoms with Gasteiger partial charge in [-0.3, -0.25) is 4.55 Å². The van der Waals surface area contributed by atoms with Crippen LogP contribution < -0.4 is 4.13 Å². The normalized spacial score (nSPS) is 14.0. The number of hydrogen-bond acceptors (Lipinski definition) is 7. The van der Waals surface area contributed by atoms with E-state index in [1.165, 1.54) is 0 Å². The fourth-order valence-electron chi connectivity index (χ4n) is 1.25. The lowest BCUT2D eigenvalue weighted by Crippen LogP contribution is -2.45. The highest BCUT2D eigenvalue weighted by atomic mass is 32.3. The average molecular weight is 476 g/mol. The van der Waals surface area contributed by atoms with Crippen molar-refractivity contribution in [2.24, 2.45) is 0 Å². The molecule has 27 heavy (non-hydrogen) atoms. The Balaban J connectivity index is 0. The molecule has 0 rings (SSSR count). The molecule has 0 unspecified atom stereocenters. The van der Waals surface area contributed by atoms with Crippen LogP contribution >= 0.6 is 0 Å². The summed E-state index contributed by atoms with van der Waals surface area (Å²) in [7, 11) is -17.0. The first-order chi connectivity index (χ1) is 11.7. The molecule has 2 N–H and O–H groups in total. The predicted octanol–water partition coefficient (Wildman–Crippen LogP) is 0.881. The standard InChI is InChI=1S/C7H17NO3S.C2HF6NO4S2/c1-3-8(4-2)6-5-7-12(9,10)11;3-1(4,5)14(10,11)9-15(12,13)2(6,7)8/h3-7H2,1-2H3,(H,9,10,11);9H. The van der Waals surface area contributed by atoms with Crippen LogP contribution in [-0.4, -0.2) is 71.1 Å². The second kappa shape index (κ2) is 10.2. The SMILES string of the molecule is CCN(CC)CCCS(=O)(=O)O.O=S(=O)(NS(=O)(=O)C(F)(F)F)C(F)(F)F. The number of alkyl halides is 6. The van der Waals surface area contributed by atoms with Crippen LogP contribution in [0.25, 0.3) is 0 Å². The van der Waals surface area contributed by atoms with Crippen molar-refractivity contribution in [2.75, 3.05) is 25.4 Å². The van der Waals surface area contributed by atoms with Crippen LogP contribution in [0.2, 0.25) is 0 Å². The van der Waals surface area contributed by atoms with Crippen molar-refractivity contribution in [2.45, 2.75) is 31.3 Å². The van der Waals surface area contributed by atoms with Gasteiger partial charge in [0.05, 0.1) is 5.75 Å². The van der Waals surface area contributed by atoms with E-state index in [0.29, 0.717) is 6.42 Å². The van der Waals surface area contributed by atoms with Gasteiger partial charge in [0.1, 0.15) is 0 Å². The van der Waals surface area contributed by atoms with Gasteiger partial charge < -0.3 is 4.90 Å². The van der Waals surface area contributed by atoms with E-state index < -0.39 is 45.3 Å². The summed E-state index contributed by atoms with van der Waals surface area (Å²) in [6, 6.07) is 0. The molecule has 0 atom stereocenters. The predicted molar refractivity (Wildman–Crippen MR) is 81.9 cm³/mol. The van der Waals surface area contributed by atoms with Crippen molar-refractivity contribution in [3.8, 4) is 0 Å². The molecular formula is C9H18F6N2O7S3. The quantitative estimate of drug-likeness (QED) is 0.389. The highest BCUT2D eigenvalue weighted by Gasteiger charge is 2.55. The summed E-state index contributed by atoms with van der Waals surface area (Å²) in [6.07, 6.45) is 0.501. The first-order valence-corrected chi connectivity index (χ1v) is 11.4. The lowest BCUT2D eigenvalue weighted by atomic mass is 10.4. The number of nitrogens with zero attached hydrogens (tertiary/aromatic N) is 1. The molecule has 0 aliphatic rings. The van der Waals surface area contributed by atoms with Crippen molar-refractivity contribution in [3.05, 3.63) is 0 Å².